The van der Waals surface area contributed by atoms with Gasteiger partial charge in [0, 0.05) is 11.3 Å². The molecular weight excluding hydrogens is 380 g/mol. The normalized spacial score (nSPS) is 10.7. The number of anilines is 1. The Morgan fingerprint density at radius 3 is 2.07 bits per heavy atom. The molecule has 1 N–H and O–H groups in total. The van der Waals surface area contributed by atoms with Gasteiger partial charge in [0.25, 0.3) is 5.91 Å². The Morgan fingerprint density at radius 2 is 1.43 bits per heavy atom. The molecule has 0 atom stereocenters. The summed E-state index contributed by atoms with van der Waals surface area (Å²) in [6.07, 6.45) is 0. The Balaban J connectivity index is 1.51. The van der Waals surface area contributed by atoms with Gasteiger partial charge < -0.3 is 14.8 Å². The lowest BCUT2D eigenvalue weighted by Gasteiger charge is -2.06. The number of rotatable bonds is 7. The summed E-state index contributed by atoms with van der Waals surface area (Å²) in [5.74, 6) is 1.34. The Hall–Kier alpha value is -3.87. The van der Waals surface area contributed by atoms with Gasteiger partial charge in [0.15, 0.2) is 0 Å². The van der Waals surface area contributed by atoms with Crippen LogP contribution in [-0.4, -0.2) is 34.1 Å². The number of hydrogen-bond acceptors (Lipinski definition) is 5. The van der Waals surface area contributed by atoms with E-state index in [2.05, 4.69) is 15.5 Å². The van der Waals surface area contributed by atoms with Crippen LogP contribution in [0.3, 0.4) is 0 Å². The van der Waals surface area contributed by atoms with E-state index < -0.39 is 0 Å². The molecule has 0 saturated heterocycles. The highest BCUT2D eigenvalue weighted by atomic mass is 16.5. The third kappa shape index (κ3) is 4.25. The minimum Gasteiger partial charge on any atom is -0.494 e. The van der Waals surface area contributed by atoms with Gasteiger partial charge in [0.05, 0.1) is 18.9 Å². The van der Waals surface area contributed by atoms with Crippen LogP contribution in [0, 0.1) is 0 Å². The Kier molecular flexibility index (Phi) is 5.61. The average molecular weight is 402 g/mol. The molecule has 152 valence electrons. The Morgan fingerprint density at radius 1 is 0.833 bits per heavy atom. The molecule has 0 fully saturated rings. The van der Waals surface area contributed by atoms with Crippen molar-refractivity contribution in [3.05, 3.63) is 72.3 Å². The monoisotopic (exact) mass is 402 g/mol. The first-order valence-corrected chi connectivity index (χ1v) is 9.81. The predicted octanol–water partition coefficient (Wildman–Crippen LogP) is 4.47. The van der Waals surface area contributed by atoms with Crippen LogP contribution in [0.5, 0.6) is 11.5 Å². The van der Waals surface area contributed by atoms with E-state index in [1.54, 1.807) is 35.1 Å². The van der Waals surface area contributed by atoms with E-state index in [4.69, 9.17) is 9.47 Å². The van der Waals surface area contributed by atoms with Crippen LogP contribution < -0.4 is 14.8 Å². The molecule has 1 amide bonds. The number of carbonyl (C=O) groups is 1. The number of fused-ring (bicyclic) bond motifs is 1. The van der Waals surface area contributed by atoms with E-state index in [9.17, 15) is 4.79 Å². The summed E-state index contributed by atoms with van der Waals surface area (Å²) < 4.78 is 10.9. The van der Waals surface area contributed by atoms with Gasteiger partial charge in [-0.25, -0.2) is 0 Å². The summed E-state index contributed by atoms with van der Waals surface area (Å²) in [6, 6.07) is 20.1. The van der Waals surface area contributed by atoms with Crippen molar-refractivity contribution in [3.8, 4) is 17.2 Å². The topological polar surface area (TPSA) is 78.3 Å². The lowest BCUT2D eigenvalue weighted by molar-refractivity contribution is 0.102. The fourth-order valence-corrected chi connectivity index (χ4v) is 3.02. The summed E-state index contributed by atoms with van der Waals surface area (Å²) in [7, 11) is 0. The molecule has 30 heavy (non-hydrogen) atoms. The first-order chi connectivity index (χ1) is 14.7. The number of carbonyl (C=O) groups excluding carboxylic acids is 1. The molecule has 0 bridgehead atoms. The summed E-state index contributed by atoms with van der Waals surface area (Å²) in [4.78, 5) is 14.1. The second kappa shape index (κ2) is 8.65. The molecule has 0 saturated carbocycles. The number of benzene rings is 3. The zero-order chi connectivity index (χ0) is 20.9. The third-order valence-electron chi connectivity index (χ3n) is 4.44. The van der Waals surface area contributed by atoms with Crippen molar-refractivity contribution in [2.24, 2.45) is 0 Å². The van der Waals surface area contributed by atoms with Crippen molar-refractivity contribution in [1.29, 1.82) is 0 Å². The van der Waals surface area contributed by atoms with E-state index in [1.165, 1.54) is 0 Å². The van der Waals surface area contributed by atoms with Crippen LogP contribution in [0.1, 0.15) is 24.2 Å². The van der Waals surface area contributed by atoms with Crippen molar-refractivity contribution >= 4 is 22.6 Å². The molecule has 0 spiro atoms. The smallest absolute Gasteiger partial charge is 0.255 e. The molecule has 3 aromatic carbocycles. The van der Waals surface area contributed by atoms with Crippen molar-refractivity contribution in [1.82, 2.24) is 15.0 Å². The lowest BCUT2D eigenvalue weighted by Crippen LogP contribution is -2.11. The Labute approximate surface area is 174 Å². The fourth-order valence-electron chi connectivity index (χ4n) is 3.02. The fraction of sp³-hybridized carbons (Fsp3) is 0.174. The molecule has 0 aliphatic carbocycles. The maximum absolute atomic E-state index is 12.5. The summed E-state index contributed by atoms with van der Waals surface area (Å²) in [5.41, 5.74) is 3.46. The highest BCUT2D eigenvalue weighted by Crippen LogP contribution is 2.20. The largest absolute Gasteiger partial charge is 0.494 e. The summed E-state index contributed by atoms with van der Waals surface area (Å²) in [6.45, 7) is 5.07. The number of aromatic nitrogens is 3. The van der Waals surface area contributed by atoms with E-state index in [0.29, 0.717) is 30.0 Å². The maximum Gasteiger partial charge on any atom is 0.255 e. The maximum atomic E-state index is 12.5. The highest BCUT2D eigenvalue weighted by molar-refractivity contribution is 6.05. The van der Waals surface area contributed by atoms with E-state index in [-0.39, 0.29) is 5.91 Å². The van der Waals surface area contributed by atoms with Gasteiger partial charge in [-0.05, 0) is 80.6 Å². The number of nitrogens with zero attached hydrogens (tertiary/aromatic N) is 3. The number of amides is 1. The molecule has 0 aliphatic heterocycles. The first-order valence-electron chi connectivity index (χ1n) is 9.81. The molecular formula is C23H22N4O3. The minimum atomic E-state index is -0.198. The zero-order valence-electron chi connectivity index (χ0n) is 16.8. The molecule has 1 heterocycles. The minimum absolute atomic E-state index is 0.198. The van der Waals surface area contributed by atoms with E-state index in [0.717, 1.165) is 22.7 Å². The lowest BCUT2D eigenvalue weighted by atomic mass is 10.2. The molecule has 0 radical (unpaired) electrons. The van der Waals surface area contributed by atoms with Gasteiger partial charge in [-0.1, -0.05) is 0 Å². The van der Waals surface area contributed by atoms with E-state index in [1.807, 2.05) is 50.2 Å². The molecule has 1 aromatic heterocycles. The third-order valence-corrected chi connectivity index (χ3v) is 4.44. The first kappa shape index (κ1) is 19.4. The van der Waals surface area contributed by atoms with Crippen LogP contribution in [0.15, 0.2) is 66.7 Å². The van der Waals surface area contributed by atoms with Gasteiger partial charge >= 0.3 is 0 Å². The van der Waals surface area contributed by atoms with Crippen molar-refractivity contribution in [3.63, 3.8) is 0 Å². The second-order valence-corrected chi connectivity index (χ2v) is 6.53. The molecule has 0 unspecified atom stereocenters. The number of nitrogens with one attached hydrogen (secondary N) is 1. The SMILES string of the molecule is CCOc1ccc(C(=O)Nc2ccc3nn(-c4ccc(OCC)cc4)nc3c2)cc1. The van der Waals surface area contributed by atoms with Gasteiger partial charge in [0.2, 0.25) is 0 Å². The van der Waals surface area contributed by atoms with Gasteiger partial charge in [0.1, 0.15) is 22.5 Å². The quantitative estimate of drug-likeness (QED) is 0.493. The number of hydrogen-bond donors (Lipinski definition) is 1. The summed E-state index contributed by atoms with van der Waals surface area (Å²) in [5, 5.41) is 11.9. The molecule has 4 rings (SSSR count). The van der Waals surface area contributed by atoms with Crippen LogP contribution in [-0.2, 0) is 0 Å². The molecule has 7 heteroatoms. The van der Waals surface area contributed by atoms with Crippen molar-refractivity contribution in [2.75, 3.05) is 18.5 Å². The van der Waals surface area contributed by atoms with E-state index >= 15 is 0 Å². The second-order valence-electron chi connectivity index (χ2n) is 6.53. The summed E-state index contributed by atoms with van der Waals surface area (Å²) >= 11 is 0. The van der Waals surface area contributed by atoms with Gasteiger partial charge in [-0.3, -0.25) is 4.79 Å². The predicted molar refractivity (Wildman–Crippen MR) is 116 cm³/mol. The average Bonchev–Trinajstić information content (AvgIpc) is 3.19. The number of ether oxygens (including phenoxy) is 2. The zero-order valence-corrected chi connectivity index (χ0v) is 16.8. The van der Waals surface area contributed by atoms with Crippen molar-refractivity contribution in [2.45, 2.75) is 13.8 Å². The van der Waals surface area contributed by atoms with Gasteiger partial charge in [-0.2, -0.15) is 4.80 Å². The highest BCUT2D eigenvalue weighted by Gasteiger charge is 2.10. The van der Waals surface area contributed by atoms with Gasteiger partial charge in [-0.15, -0.1) is 10.2 Å². The standard InChI is InChI=1S/C23H22N4O3/c1-3-29-19-10-5-16(6-11-19)23(28)24-17-7-14-21-22(15-17)26-27(25-21)18-8-12-20(13-9-18)30-4-2/h5-15H,3-4H2,1-2H3,(H,24,28). The molecule has 0 aliphatic rings. The van der Waals surface area contributed by atoms with Crippen LogP contribution in [0.2, 0.25) is 0 Å². The van der Waals surface area contributed by atoms with Crippen LogP contribution >= 0.6 is 0 Å². The van der Waals surface area contributed by atoms with Crippen LogP contribution in [0.25, 0.3) is 16.7 Å². The molecule has 4 aromatic rings. The Bertz CT molecular complexity index is 1150. The van der Waals surface area contributed by atoms with Crippen molar-refractivity contribution < 1.29 is 14.3 Å². The van der Waals surface area contributed by atoms with Crippen LogP contribution in [0.4, 0.5) is 5.69 Å². The molecule has 7 nitrogen and oxygen atoms in total.